The summed E-state index contributed by atoms with van der Waals surface area (Å²) in [5, 5.41) is 12.4. The van der Waals surface area contributed by atoms with Crippen LogP contribution in [0, 0.1) is 5.41 Å². The van der Waals surface area contributed by atoms with Crippen LogP contribution in [0.4, 0.5) is 0 Å². The maximum atomic E-state index is 11.2. The Morgan fingerprint density at radius 2 is 2.33 bits per heavy atom. The monoisotopic (exact) mass is 237 g/mol. The average molecular weight is 238 g/mol. The number of carbonyl (C=O) groups is 1. The second-order valence-corrected chi connectivity index (χ2v) is 4.12. The second-order valence-electron chi connectivity index (χ2n) is 4.12. The van der Waals surface area contributed by atoms with Crippen LogP contribution in [0.3, 0.4) is 0 Å². The lowest BCUT2D eigenvalue weighted by Crippen LogP contribution is -2.47. The molecule has 0 bridgehead atoms. The average Bonchev–Trinajstić information content (AvgIpc) is 2.19. The zero-order chi connectivity index (χ0) is 10.6. The van der Waals surface area contributed by atoms with Gasteiger partial charge < -0.3 is 15.2 Å². The third-order valence-corrected chi connectivity index (χ3v) is 3.01. The number of carboxylic acids is 1. The number of ether oxygens (including phenoxy) is 1. The van der Waals surface area contributed by atoms with Crippen molar-refractivity contribution in [1.82, 2.24) is 5.32 Å². The maximum absolute atomic E-state index is 11.2. The van der Waals surface area contributed by atoms with Crippen molar-refractivity contribution in [2.24, 2.45) is 5.41 Å². The van der Waals surface area contributed by atoms with Gasteiger partial charge in [-0.05, 0) is 32.7 Å². The molecule has 15 heavy (non-hydrogen) atoms. The molecular weight excluding hydrogens is 218 g/mol. The third kappa shape index (κ3) is 3.63. The van der Waals surface area contributed by atoms with Crippen LogP contribution in [0.2, 0.25) is 0 Å². The minimum Gasteiger partial charge on any atom is -0.481 e. The predicted molar refractivity (Wildman–Crippen MR) is 60.5 cm³/mol. The Bertz CT molecular complexity index is 205. The van der Waals surface area contributed by atoms with Gasteiger partial charge in [-0.3, -0.25) is 4.79 Å². The Morgan fingerprint density at radius 1 is 1.67 bits per heavy atom. The van der Waals surface area contributed by atoms with Gasteiger partial charge in [0.15, 0.2) is 0 Å². The Labute approximate surface area is 96.8 Å². The van der Waals surface area contributed by atoms with E-state index in [0.717, 1.165) is 19.4 Å². The van der Waals surface area contributed by atoms with E-state index in [1.54, 1.807) is 7.11 Å². The molecule has 2 atom stereocenters. The summed E-state index contributed by atoms with van der Waals surface area (Å²) in [7, 11) is 1.62. The second kappa shape index (κ2) is 6.30. The Kier molecular flexibility index (Phi) is 6.17. The van der Waals surface area contributed by atoms with Gasteiger partial charge in [0.25, 0.3) is 0 Å². The predicted octanol–water partition coefficient (Wildman–Crippen LogP) is 1.29. The fourth-order valence-electron chi connectivity index (χ4n) is 2.05. The number of aliphatic carboxylic acids is 1. The maximum Gasteiger partial charge on any atom is 0.311 e. The van der Waals surface area contributed by atoms with Crippen molar-refractivity contribution in [1.29, 1.82) is 0 Å². The first kappa shape index (κ1) is 14.7. The quantitative estimate of drug-likeness (QED) is 0.774. The minimum atomic E-state index is -0.700. The largest absolute Gasteiger partial charge is 0.481 e. The standard InChI is InChI=1S/C10H19NO3.ClH/c1-8(14-2)6-10(9(12)13)4-3-5-11-7-10;/h8,11H,3-7H2,1-2H3,(H,12,13);1H. The fraction of sp³-hybridized carbons (Fsp3) is 0.900. The highest BCUT2D eigenvalue weighted by atomic mass is 35.5. The van der Waals surface area contributed by atoms with Crippen molar-refractivity contribution < 1.29 is 14.6 Å². The van der Waals surface area contributed by atoms with Crippen LogP contribution in [0.1, 0.15) is 26.2 Å². The zero-order valence-electron chi connectivity index (χ0n) is 9.28. The number of methoxy groups -OCH3 is 1. The van der Waals surface area contributed by atoms with E-state index in [1.807, 2.05) is 6.92 Å². The summed E-state index contributed by atoms with van der Waals surface area (Å²) in [6.07, 6.45) is 2.28. The number of nitrogens with one attached hydrogen (secondary N) is 1. The lowest BCUT2D eigenvalue weighted by Gasteiger charge is -2.35. The van der Waals surface area contributed by atoms with Crippen LogP contribution in [-0.2, 0) is 9.53 Å². The highest BCUT2D eigenvalue weighted by Gasteiger charge is 2.40. The van der Waals surface area contributed by atoms with E-state index in [9.17, 15) is 9.90 Å². The molecule has 0 amide bonds. The lowest BCUT2D eigenvalue weighted by atomic mass is 9.76. The summed E-state index contributed by atoms with van der Waals surface area (Å²) in [6.45, 7) is 3.41. The van der Waals surface area contributed by atoms with Crippen LogP contribution >= 0.6 is 12.4 Å². The molecule has 5 heteroatoms. The molecule has 0 saturated carbocycles. The highest BCUT2D eigenvalue weighted by molar-refractivity contribution is 5.85. The molecule has 2 N–H and O–H groups in total. The van der Waals surface area contributed by atoms with Gasteiger partial charge in [-0.25, -0.2) is 0 Å². The van der Waals surface area contributed by atoms with Crippen LogP contribution in [0.5, 0.6) is 0 Å². The number of halogens is 1. The van der Waals surface area contributed by atoms with Crippen molar-refractivity contribution >= 4 is 18.4 Å². The SMILES string of the molecule is COC(C)CC1(C(=O)O)CCCNC1.Cl. The first-order valence-electron chi connectivity index (χ1n) is 5.08. The topological polar surface area (TPSA) is 58.6 Å². The Hall–Kier alpha value is -0.320. The number of hydrogen-bond acceptors (Lipinski definition) is 3. The summed E-state index contributed by atoms with van der Waals surface area (Å²) < 4.78 is 5.14. The van der Waals surface area contributed by atoms with E-state index in [4.69, 9.17) is 4.74 Å². The Balaban J connectivity index is 0.00000196. The van der Waals surface area contributed by atoms with Crippen LogP contribution in [0.25, 0.3) is 0 Å². The van der Waals surface area contributed by atoms with Crippen molar-refractivity contribution in [3.8, 4) is 0 Å². The summed E-state index contributed by atoms with van der Waals surface area (Å²) in [5.41, 5.74) is -0.617. The highest BCUT2D eigenvalue weighted by Crippen LogP contribution is 2.32. The van der Waals surface area contributed by atoms with Gasteiger partial charge >= 0.3 is 5.97 Å². The first-order valence-corrected chi connectivity index (χ1v) is 5.08. The molecule has 4 nitrogen and oxygen atoms in total. The normalized spacial score (nSPS) is 27.9. The van der Waals surface area contributed by atoms with Crippen molar-refractivity contribution in [2.45, 2.75) is 32.3 Å². The van der Waals surface area contributed by atoms with E-state index < -0.39 is 11.4 Å². The first-order chi connectivity index (χ1) is 6.60. The van der Waals surface area contributed by atoms with Gasteiger partial charge in [0.05, 0.1) is 11.5 Å². The molecule has 0 radical (unpaired) electrons. The van der Waals surface area contributed by atoms with Gasteiger partial charge in [-0.2, -0.15) is 0 Å². The zero-order valence-corrected chi connectivity index (χ0v) is 10.1. The van der Waals surface area contributed by atoms with Crippen molar-refractivity contribution in [3.63, 3.8) is 0 Å². The molecule has 0 aromatic carbocycles. The van der Waals surface area contributed by atoms with Gasteiger partial charge in [-0.15, -0.1) is 12.4 Å². The van der Waals surface area contributed by atoms with Gasteiger partial charge in [0.1, 0.15) is 0 Å². The number of carboxylic acid groups (broad SMARTS) is 1. The van der Waals surface area contributed by atoms with Crippen molar-refractivity contribution in [3.05, 3.63) is 0 Å². The number of rotatable bonds is 4. The van der Waals surface area contributed by atoms with Crippen LogP contribution in [0.15, 0.2) is 0 Å². The van der Waals surface area contributed by atoms with E-state index >= 15 is 0 Å². The molecular formula is C10H20ClNO3. The Morgan fingerprint density at radius 3 is 2.73 bits per heavy atom. The molecule has 1 saturated heterocycles. The van der Waals surface area contributed by atoms with Gasteiger partial charge in [-0.1, -0.05) is 0 Å². The molecule has 0 aliphatic carbocycles. The molecule has 90 valence electrons. The summed E-state index contributed by atoms with van der Waals surface area (Å²) in [5.74, 6) is -0.700. The molecule has 1 aliphatic rings. The molecule has 0 spiro atoms. The number of hydrogen-bond donors (Lipinski definition) is 2. The van der Waals surface area contributed by atoms with Gasteiger partial charge in [0, 0.05) is 13.7 Å². The molecule has 1 aliphatic heterocycles. The molecule has 1 heterocycles. The molecule has 0 aromatic rings. The van der Waals surface area contributed by atoms with Gasteiger partial charge in [0.2, 0.25) is 0 Å². The smallest absolute Gasteiger partial charge is 0.311 e. The summed E-state index contributed by atoms with van der Waals surface area (Å²) >= 11 is 0. The van der Waals surface area contributed by atoms with E-state index in [0.29, 0.717) is 13.0 Å². The van der Waals surface area contributed by atoms with Crippen LogP contribution < -0.4 is 5.32 Å². The summed E-state index contributed by atoms with van der Waals surface area (Å²) in [4.78, 5) is 11.2. The van der Waals surface area contributed by atoms with E-state index in [1.165, 1.54) is 0 Å². The molecule has 0 aromatic heterocycles. The van der Waals surface area contributed by atoms with E-state index in [-0.39, 0.29) is 18.5 Å². The summed E-state index contributed by atoms with van der Waals surface area (Å²) in [6, 6.07) is 0. The minimum absolute atomic E-state index is 0. The molecule has 1 rings (SSSR count). The molecule has 1 fully saturated rings. The van der Waals surface area contributed by atoms with E-state index in [2.05, 4.69) is 5.32 Å². The lowest BCUT2D eigenvalue weighted by molar-refractivity contribution is -0.152. The molecule has 2 unspecified atom stereocenters. The van der Waals surface area contributed by atoms with Crippen molar-refractivity contribution in [2.75, 3.05) is 20.2 Å². The number of piperidine rings is 1. The van der Waals surface area contributed by atoms with Crippen LogP contribution in [-0.4, -0.2) is 37.4 Å². The fourth-order valence-corrected chi connectivity index (χ4v) is 2.05. The third-order valence-electron chi connectivity index (χ3n) is 3.01.